The molecule has 1 saturated carbocycles. The Morgan fingerprint density at radius 1 is 1.39 bits per heavy atom. The Kier molecular flexibility index (Phi) is 3.72. The van der Waals surface area contributed by atoms with Crippen LogP contribution in [0.5, 0.6) is 0 Å². The lowest BCUT2D eigenvalue weighted by Gasteiger charge is -2.23. The highest BCUT2D eigenvalue weighted by Gasteiger charge is 2.22. The number of amides is 1. The second-order valence-electron chi connectivity index (χ2n) is 4.50. The summed E-state index contributed by atoms with van der Waals surface area (Å²) in [5, 5.41) is 13.1. The van der Waals surface area contributed by atoms with Gasteiger partial charge in [0.2, 0.25) is 0 Å². The summed E-state index contributed by atoms with van der Waals surface area (Å²) in [5.74, 6) is -0.578. The number of carbonyl (C=O) groups is 1. The first-order valence-electron chi connectivity index (χ1n) is 6.02. The van der Waals surface area contributed by atoms with Gasteiger partial charge in [-0.1, -0.05) is 19.3 Å². The molecule has 1 heterocycles. The molecule has 0 bridgehead atoms. The van der Waals surface area contributed by atoms with Gasteiger partial charge in [-0.15, -0.1) is 11.3 Å². The Bertz CT molecular complexity index is 497. The molecule has 5 N–H and O–H groups in total. The van der Waals surface area contributed by atoms with Crippen LogP contribution in [0.1, 0.15) is 47.3 Å². The van der Waals surface area contributed by atoms with Crippen molar-refractivity contribution < 1.29 is 4.79 Å². The van der Waals surface area contributed by atoms with Crippen LogP contribution < -0.4 is 16.8 Å². The van der Waals surface area contributed by atoms with Gasteiger partial charge >= 0.3 is 0 Å². The van der Waals surface area contributed by atoms with Crippen LogP contribution >= 0.6 is 11.3 Å². The van der Waals surface area contributed by atoms with E-state index in [0.717, 1.165) is 12.8 Å². The molecule has 0 saturated heterocycles. The van der Waals surface area contributed by atoms with Gasteiger partial charge < -0.3 is 16.8 Å². The predicted octanol–water partition coefficient (Wildman–Crippen LogP) is 2.05. The van der Waals surface area contributed by atoms with Gasteiger partial charge in [-0.2, -0.15) is 5.26 Å². The molecule has 1 aliphatic rings. The number of nitrogens with one attached hydrogen (secondary N) is 1. The van der Waals surface area contributed by atoms with Crippen LogP contribution in [0.3, 0.4) is 0 Å². The molecule has 0 unspecified atom stereocenters. The van der Waals surface area contributed by atoms with Crippen LogP contribution in [0.15, 0.2) is 0 Å². The van der Waals surface area contributed by atoms with Crippen molar-refractivity contribution in [3.05, 3.63) is 10.4 Å². The van der Waals surface area contributed by atoms with E-state index < -0.39 is 5.91 Å². The number of anilines is 2. The summed E-state index contributed by atoms with van der Waals surface area (Å²) in [6.07, 6.45) is 5.84. The minimum absolute atomic E-state index is 0.202. The van der Waals surface area contributed by atoms with Crippen molar-refractivity contribution in [2.45, 2.75) is 38.1 Å². The normalized spacial score (nSPS) is 16.2. The molecule has 1 aliphatic carbocycles. The van der Waals surface area contributed by atoms with Gasteiger partial charge in [0.05, 0.1) is 5.69 Å². The van der Waals surface area contributed by atoms with Gasteiger partial charge in [0.15, 0.2) is 0 Å². The molecule has 1 fully saturated rings. The van der Waals surface area contributed by atoms with E-state index in [1.807, 2.05) is 6.07 Å². The van der Waals surface area contributed by atoms with Crippen LogP contribution in [-0.4, -0.2) is 11.9 Å². The van der Waals surface area contributed by atoms with Gasteiger partial charge in [0.1, 0.15) is 21.5 Å². The van der Waals surface area contributed by atoms with E-state index in [2.05, 4.69) is 5.32 Å². The molecule has 2 rings (SSSR count). The van der Waals surface area contributed by atoms with Gasteiger partial charge in [-0.25, -0.2) is 0 Å². The molecular formula is C12H16N4OS. The molecule has 1 aromatic rings. The highest BCUT2D eigenvalue weighted by atomic mass is 32.1. The van der Waals surface area contributed by atoms with Crippen LogP contribution in [0.25, 0.3) is 0 Å². The Labute approximate surface area is 110 Å². The highest BCUT2D eigenvalue weighted by Crippen LogP contribution is 2.36. The smallest absolute Gasteiger partial charge is 0.261 e. The molecule has 5 nitrogen and oxygen atoms in total. The topological polar surface area (TPSA) is 105 Å². The Morgan fingerprint density at radius 3 is 2.61 bits per heavy atom. The first-order valence-corrected chi connectivity index (χ1v) is 6.83. The number of nitrogen functional groups attached to an aromatic ring is 1. The predicted molar refractivity (Wildman–Crippen MR) is 72.5 cm³/mol. The van der Waals surface area contributed by atoms with Crippen LogP contribution in [0.2, 0.25) is 0 Å². The third-order valence-corrected chi connectivity index (χ3v) is 4.37. The van der Waals surface area contributed by atoms with Crippen molar-refractivity contribution in [2.75, 3.05) is 11.1 Å². The number of carbonyl (C=O) groups excluding carboxylic acids is 1. The van der Waals surface area contributed by atoms with Gasteiger partial charge in [0, 0.05) is 6.04 Å². The molecule has 1 aromatic heterocycles. The number of rotatable bonds is 3. The summed E-state index contributed by atoms with van der Waals surface area (Å²) in [7, 11) is 0. The van der Waals surface area contributed by atoms with Gasteiger partial charge in [0.25, 0.3) is 5.91 Å². The molecule has 0 aromatic carbocycles. The first-order chi connectivity index (χ1) is 8.63. The zero-order valence-electron chi connectivity index (χ0n) is 10.0. The number of nitriles is 1. The van der Waals surface area contributed by atoms with E-state index in [1.54, 1.807) is 0 Å². The molecule has 1 amide bonds. The van der Waals surface area contributed by atoms with Crippen LogP contribution in [-0.2, 0) is 0 Å². The Hall–Kier alpha value is -1.74. The number of hydrogen-bond acceptors (Lipinski definition) is 5. The van der Waals surface area contributed by atoms with E-state index in [9.17, 15) is 4.79 Å². The highest BCUT2D eigenvalue weighted by molar-refractivity contribution is 7.18. The standard InChI is InChI=1S/C12H16N4OS/c13-6-8-9(14)10(11(15)17)18-12(8)16-7-4-2-1-3-5-7/h7,16H,1-5,14H2,(H2,15,17). The number of nitrogens with zero attached hydrogens (tertiary/aromatic N) is 1. The molecule has 18 heavy (non-hydrogen) atoms. The fourth-order valence-corrected chi connectivity index (χ4v) is 3.27. The number of nitrogens with two attached hydrogens (primary N) is 2. The van der Waals surface area contributed by atoms with Gasteiger partial charge in [-0.05, 0) is 12.8 Å². The lowest BCUT2D eigenvalue weighted by Crippen LogP contribution is -2.22. The fourth-order valence-electron chi connectivity index (χ4n) is 2.27. The minimum atomic E-state index is -0.578. The lowest BCUT2D eigenvalue weighted by molar-refractivity contribution is 0.100. The zero-order chi connectivity index (χ0) is 13.1. The first kappa shape index (κ1) is 12.7. The van der Waals surface area contributed by atoms with Crippen LogP contribution in [0.4, 0.5) is 10.7 Å². The summed E-state index contributed by atoms with van der Waals surface area (Å²) in [4.78, 5) is 11.5. The monoisotopic (exact) mass is 264 g/mol. The second kappa shape index (κ2) is 5.27. The zero-order valence-corrected chi connectivity index (χ0v) is 10.8. The third-order valence-electron chi connectivity index (χ3n) is 3.22. The minimum Gasteiger partial charge on any atom is -0.396 e. The van der Waals surface area contributed by atoms with E-state index >= 15 is 0 Å². The molecule has 0 atom stereocenters. The summed E-state index contributed by atoms with van der Waals surface area (Å²) >= 11 is 1.18. The van der Waals surface area contributed by atoms with E-state index in [4.69, 9.17) is 16.7 Å². The molecule has 96 valence electrons. The Balaban J connectivity index is 2.24. The summed E-state index contributed by atoms with van der Waals surface area (Å²) in [5.41, 5.74) is 11.6. The maximum absolute atomic E-state index is 11.2. The lowest BCUT2D eigenvalue weighted by atomic mass is 9.95. The fraction of sp³-hybridized carbons (Fsp3) is 0.500. The number of hydrogen-bond donors (Lipinski definition) is 3. The van der Waals surface area contributed by atoms with Crippen LogP contribution in [0, 0.1) is 11.3 Å². The largest absolute Gasteiger partial charge is 0.396 e. The maximum Gasteiger partial charge on any atom is 0.261 e. The van der Waals surface area contributed by atoms with E-state index in [-0.39, 0.29) is 10.6 Å². The second-order valence-corrected chi connectivity index (χ2v) is 5.52. The quantitative estimate of drug-likeness (QED) is 0.776. The molecule has 0 spiro atoms. The van der Waals surface area contributed by atoms with Crippen molar-refractivity contribution in [1.82, 2.24) is 0 Å². The SMILES string of the molecule is N#Cc1c(NC2CCCCC2)sc(C(N)=O)c1N. The molecule has 0 aliphatic heterocycles. The third kappa shape index (κ3) is 2.41. The van der Waals surface area contributed by atoms with E-state index in [1.165, 1.54) is 30.6 Å². The average molecular weight is 264 g/mol. The molecular weight excluding hydrogens is 248 g/mol. The number of thiophene rings is 1. The molecule has 6 heteroatoms. The Morgan fingerprint density at radius 2 is 2.06 bits per heavy atom. The number of primary amides is 1. The van der Waals surface area contributed by atoms with Crippen molar-refractivity contribution in [2.24, 2.45) is 5.73 Å². The summed E-state index contributed by atoms with van der Waals surface area (Å²) < 4.78 is 0. The van der Waals surface area contributed by atoms with Crippen molar-refractivity contribution in [3.8, 4) is 6.07 Å². The van der Waals surface area contributed by atoms with E-state index in [0.29, 0.717) is 16.6 Å². The van der Waals surface area contributed by atoms with Crippen molar-refractivity contribution in [3.63, 3.8) is 0 Å². The summed E-state index contributed by atoms with van der Waals surface area (Å²) in [6.45, 7) is 0. The van der Waals surface area contributed by atoms with Crippen molar-refractivity contribution in [1.29, 1.82) is 5.26 Å². The average Bonchev–Trinajstić information content (AvgIpc) is 2.67. The van der Waals surface area contributed by atoms with Crippen molar-refractivity contribution >= 4 is 27.9 Å². The molecule has 0 radical (unpaired) electrons. The summed E-state index contributed by atoms with van der Waals surface area (Å²) in [6, 6.07) is 2.41. The maximum atomic E-state index is 11.2. The van der Waals surface area contributed by atoms with Gasteiger partial charge in [-0.3, -0.25) is 4.79 Å².